The summed E-state index contributed by atoms with van der Waals surface area (Å²) in [5.74, 6) is 2.52. The van der Waals surface area contributed by atoms with E-state index < -0.39 is 0 Å². The molecule has 0 saturated carbocycles. The summed E-state index contributed by atoms with van der Waals surface area (Å²) < 4.78 is 11.0. The highest BCUT2D eigenvalue weighted by Gasteiger charge is 2.13. The summed E-state index contributed by atoms with van der Waals surface area (Å²) in [6, 6.07) is 15.8. The van der Waals surface area contributed by atoms with Crippen molar-refractivity contribution in [3.05, 3.63) is 54.1 Å². The van der Waals surface area contributed by atoms with Gasteiger partial charge in [-0.3, -0.25) is 0 Å². The highest BCUT2D eigenvalue weighted by Crippen LogP contribution is 2.33. The fourth-order valence-electron chi connectivity index (χ4n) is 2.08. The van der Waals surface area contributed by atoms with Gasteiger partial charge in [-0.2, -0.15) is 0 Å². The maximum absolute atomic E-state index is 6.32. The number of ether oxygens (including phenoxy) is 2. The number of thioether (sulfide) groups is 1. The Labute approximate surface area is 130 Å². The molecular weight excluding hydrogens is 282 g/mol. The van der Waals surface area contributed by atoms with E-state index in [0.29, 0.717) is 6.61 Å². The van der Waals surface area contributed by atoms with Gasteiger partial charge in [0.05, 0.1) is 13.7 Å². The molecule has 0 fully saturated rings. The maximum atomic E-state index is 6.32. The minimum Gasteiger partial charge on any atom is -0.496 e. The predicted octanol–water partition coefficient (Wildman–Crippen LogP) is 3.89. The first-order valence-electron chi connectivity index (χ1n) is 6.99. The number of hydrogen-bond donors (Lipinski definition) is 1. The van der Waals surface area contributed by atoms with Gasteiger partial charge >= 0.3 is 0 Å². The predicted molar refractivity (Wildman–Crippen MR) is 88.3 cm³/mol. The Morgan fingerprint density at radius 3 is 2.43 bits per heavy atom. The van der Waals surface area contributed by atoms with Gasteiger partial charge in [0.1, 0.15) is 11.5 Å². The summed E-state index contributed by atoms with van der Waals surface area (Å²) in [7, 11) is 1.68. The molecule has 0 aliphatic heterocycles. The van der Waals surface area contributed by atoms with Crippen LogP contribution in [0.5, 0.6) is 11.5 Å². The van der Waals surface area contributed by atoms with Gasteiger partial charge in [-0.1, -0.05) is 30.3 Å². The Morgan fingerprint density at radius 2 is 1.71 bits per heavy atom. The lowest BCUT2D eigenvalue weighted by molar-refractivity contribution is 0.335. The summed E-state index contributed by atoms with van der Waals surface area (Å²) in [6.45, 7) is 2.62. The van der Waals surface area contributed by atoms with Gasteiger partial charge in [0.25, 0.3) is 0 Å². The molecule has 2 aromatic rings. The zero-order valence-corrected chi connectivity index (χ0v) is 13.2. The second-order valence-electron chi connectivity index (χ2n) is 4.54. The molecule has 112 valence electrons. The number of para-hydroxylation sites is 2. The molecule has 21 heavy (non-hydrogen) atoms. The molecule has 2 aromatic carbocycles. The first-order valence-corrected chi connectivity index (χ1v) is 7.98. The molecule has 0 aromatic heterocycles. The van der Waals surface area contributed by atoms with E-state index in [4.69, 9.17) is 15.2 Å². The first kappa shape index (κ1) is 15.7. The van der Waals surface area contributed by atoms with E-state index in [1.54, 1.807) is 18.9 Å². The fraction of sp³-hybridized carbons (Fsp3) is 0.294. The minimum atomic E-state index is -0.0809. The largest absolute Gasteiger partial charge is 0.496 e. The Balaban J connectivity index is 2.06. The van der Waals surface area contributed by atoms with Crippen LogP contribution in [0.4, 0.5) is 0 Å². The molecule has 2 rings (SSSR count). The molecule has 0 amide bonds. The number of benzene rings is 2. The van der Waals surface area contributed by atoms with E-state index in [1.165, 1.54) is 0 Å². The number of rotatable bonds is 7. The third-order valence-electron chi connectivity index (χ3n) is 3.11. The fourth-order valence-corrected chi connectivity index (χ4v) is 3.09. The molecular formula is C17H21NO2S. The van der Waals surface area contributed by atoms with Crippen LogP contribution in [0.25, 0.3) is 0 Å². The van der Waals surface area contributed by atoms with Crippen molar-refractivity contribution in [3.8, 4) is 11.5 Å². The summed E-state index contributed by atoms with van der Waals surface area (Å²) >= 11 is 1.70. The Hall–Kier alpha value is -1.65. The number of hydrogen-bond acceptors (Lipinski definition) is 4. The molecule has 0 heterocycles. The van der Waals surface area contributed by atoms with E-state index in [-0.39, 0.29) is 6.04 Å². The van der Waals surface area contributed by atoms with Gasteiger partial charge < -0.3 is 15.2 Å². The Bertz CT molecular complexity index is 574. The SMILES string of the molecule is CCOc1ccccc1C(N)CSc1ccccc1OC. The van der Waals surface area contributed by atoms with Crippen LogP contribution in [-0.4, -0.2) is 19.5 Å². The molecule has 1 unspecified atom stereocenters. The number of nitrogens with two attached hydrogens (primary N) is 1. The van der Waals surface area contributed by atoms with Gasteiger partial charge in [-0.25, -0.2) is 0 Å². The van der Waals surface area contributed by atoms with Crippen molar-refractivity contribution < 1.29 is 9.47 Å². The van der Waals surface area contributed by atoms with E-state index in [0.717, 1.165) is 27.7 Å². The average Bonchev–Trinajstić information content (AvgIpc) is 2.53. The van der Waals surface area contributed by atoms with Gasteiger partial charge in [-0.15, -0.1) is 11.8 Å². The van der Waals surface area contributed by atoms with Gasteiger partial charge in [0.2, 0.25) is 0 Å². The summed E-state index contributed by atoms with van der Waals surface area (Å²) in [5.41, 5.74) is 7.37. The van der Waals surface area contributed by atoms with E-state index in [9.17, 15) is 0 Å². The lowest BCUT2D eigenvalue weighted by Gasteiger charge is -2.16. The number of methoxy groups -OCH3 is 1. The smallest absolute Gasteiger partial charge is 0.132 e. The monoisotopic (exact) mass is 303 g/mol. The van der Waals surface area contributed by atoms with Crippen molar-refractivity contribution >= 4 is 11.8 Å². The quantitative estimate of drug-likeness (QED) is 0.788. The molecule has 0 aliphatic carbocycles. The van der Waals surface area contributed by atoms with Crippen molar-refractivity contribution in [2.75, 3.05) is 19.5 Å². The van der Waals surface area contributed by atoms with Crippen LogP contribution in [0.1, 0.15) is 18.5 Å². The van der Waals surface area contributed by atoms with Crippen LogP contribution in [-0.2, 0) is 0 Å². The lowest BCUT2D eigenvalue weighted by atomic mass is 10.1. The van der Waals surface area contributed by atoms with Gasteiger partial charge in [0, 0.05) is 22.3 Å². The summed E-state index contributed by atoms with van der Waals surface area (Å²) in [4.78, 5) is 1.10. The van der Waals surface area contributed by atoms with E-state index >= 15 is 0 Å². The molecule has 2 N–H and O–H groups in total. The van der Waals surface area contributed by atoms with Crippen LogP contribution in [0.3, 0.4) is 0 Å². The van der Waals surface area contributed by atoms with Crippen LogP contribution in [0.15, 0.2) is 53.4 Å². The van der Waals surface area contributed by atoms with E-state index in [1.807, 2.05) is 55.5 Å². The standard InChI is InChI=1S/C17H21NO2S/c1-3-20-15-9-5-4-8-13(15)14(18)12-21-17-11-7-6-10-16(17)19-2/h4-11,14H,3,12,18H2,1-2H3. The average molecular weight is 303 g/mol. The molecule has 0 saturated heterocycles. The third kappa shape index (κ3) is 4.16. The highest BCUT2D eigenvalue weighted by molar-refractivity contribution is 7.99. The van der Waals surface area contributed by atoms with Crippen molar-refractivity contribution in [2.45, 2.75) is 17.9 Å². The third-order valence-corrected chi connectivity index (χ3v) is 4.28. The van der Waals surface area contributed by atoms with Crippen molar-refractivity contribution in [1.29, 1.82) is 0 Å². The van der Waals surface area contributed by atoms with Crippen molar-refractivity contribution in [3.63, 3.8) is 0 Å². The molecule has 0 spiro atoms. The molecule has 3 nitrogen and oxygen atoms in total. The minimum absolute atomic E-state index is 0.0809. The second kappa shape index (κ2) is 7.96. The summed E-state index contributed by atoms with van der Waals surface area (Å²) in [5, 5.41) is 0. The maximum Gasteiger partial charge on any atom is 0.132 e. The van der Waals surface area contributed by atoms with Crippen LogP contribution in [0, 0.1) is 0 Å². The zero-order chi connectivity index (χ0) is 15.1. The van der Waals surface area contributed by atoms with E-state index in [2.05, 4.69) is 0 Å². The van der Waals surface area contributed by atoms with Gasteiger partial charge in [0.15, 0.2) is 0 Å². The van der Waals surface area contributed by atoms with Crippen LogP contribution >= 0.6 is 11.8 Å². The Morgan fingerprint density at radius 1 is 1.05 bits per heavy atom. The topological polar surface area (TPSA) is 44.5 Å². The highest BCUT2D eigenvalue weighted by atomic mass is 32.2. The second-order valence-corrected chi connectivity index (χ2v) is 5.60. The van der Waals surface area contributed by atoms with Crippen LogP contribution in [0.2, 0.25) is 0 Å². The lowest BCUT2D eigenvalue weighted by Crippen LogP contribution is -2.14. The summed E-state index contributed by atoms with van der Waals surface area (Å²) in [6.07, 6.45) is 0. The molecule has 0 aliphatic rings. The Kier molecular flexibility index (Phi) is 5.96. The first-order chi connectivity index (χ1) is 10.3. The molecule has 0 radical (unpaired) electrons. The zero-order valence-electron chi connectivity index (χ0n) is 12.4. The molecule has 4 heteroatoms. The normalized spacial score (nSPS) is 12.0. The van der Waals surface area contributed by atoms with Crippen molar-refractivity contribution in [1.82, 2.24) is 0 Å². The van der Waals surface area contributed by atoms with Crippen molar-refractivity contribution in [2.24, 2.45) is 5.73 Å². The van der Waals surface area contributed by atoms with Gasteiger partial charge in [-0.05, 0) is 25.1 Å². The van der Waals surface area contributed by atoms with Crippen LogP contribution < -0.4 is 15.2 Å². The molecule has 0 bridgehead atoms. The molecule has 1 atom stereocenters.